The van der Waals surface area contributed by atoms with Gasteiger partial charge in [0.25, 0.3) is 8.32 Å². The van der Waals surface area contributed by atoms with Crippen LogP contribution >= 0.6 is 0 Å². The Balaban J connectivity index is 1.51. The lowest BCUT2D eigenvalue weighted by Crippen LogP contribution is -2.66. The van der Waals surface area contributed by atoms with Gasteiger partial charge in [-0.2, -0.15) is 0 Å². The lowest BCUT2D eigenvalue weighted by molar-refractivity contribution is 0.246. The highest BCUT2D eigenvalue weighted by Crippen LogP contribution is 2.38. The second-order valence-corrected chi connectivity index (χ2v) is 14.0. The van der Waals surface area contributed by atoms with Crippen molar-refractivity contribution >= 4 is 18.7 Å². The fourth-order valence-corrected chi connectivity index (χ4v) is 9.31. The van der Waals surface area contributed by atoms with Crippen LogP contribution in [0.5, 0.6) is 0 Å². The number of hydrogen-bond donors (Lipinski definition) is 1. The Bertz CT molecular complexity index is 978. The molecule has 0 aromatic heterocycles. The van der Waals surface area contributed by atoms with Gasteiger partial charge in [-0.3, -0.25) is 0 Å². The molecule has 4 rings (SSSR count). The van der Waals surface area contributed by atoms with Crippen molar-refractivity contribution in [2.75, 3.05) is 6.61 Å². The van der Waals surface area contributed by atoms with Gasteiger partial charge in [0.2, 0.25) is 0 Å². The summed E-state index contributed by atoms with van der Waals surface area (Å²) in [5, 5.41) is 6.13. The lowest BCUT2D eigenvalue weighted by atomic mass is 10.1. The van der Waals surface area contributed by atoms with Crippen LogP contribution in [0.2, 0.25) is 5.04 Å². The summed E-state index contributed by atoms with van der Waals surface area (Å²) in [5.74, 6) is 0. The van der Waals surface area contributed by atoms with E-state index in [1.165, 1.54) is 15.9 Å². The zero-order valence-electron chi connectivity index (χ0n) is 19.9. The number of nitrogens with one attached hydrogen (secondary N) is 1. The van der Waals surface area contributed by atoms with Crippen LogP contribution in [-0.4, -0.2) is 33.2 Å². The van der Waals surface area contributed by atoms with E-state index in [9.17, 15) is 0 Å². The number of epoxide rings is 1. The van der Waals surface area contributed by atoms with Crippen LogP contribution in [0.25, 0.3) is 0 Å². The molecule has 0 aliphatic carbocycles. The van der Waals surface area contributed by atoms with Gasteiger partial charge in [-0.05, 0) is 21.0 Å². The predicted octanol–water partition coefficient (Wildman–Crippen LogP) is 4.67. The smallest absolute Gasteiger partial charge is 0.261 e. The summed E-state index contributed by atoms with van der Waals surface area (Å²) >= 11 is 0. The van der Waals surface area contributed by atoms with Gasteiger partial charge in [-0.15, -0.1) is 6.58 Å². The van der Waals surface area contributed by atoms with Crippen molar-refractivity contribution in [3.05, 3.63) is 109 Å². The Kier molecular flexibility index (Phi) is 7.30. The molecule has 1 N–H and O–H groups in total. The number of hydrogen-bond acceptors (Lipinski definition) is 3. The van der Waals surface area contributed by atoms with Gasteiger partial charge in [0, 0.05) is 6.54 Å². The highest BCUT2D eigenvalue weighted by atomic mass is 28.4. The normalized spacial score (nSPS) is 19.1. The van der Waals surface area contributed by atoms with Crippen LogP contribution < -0.4 is 15.7 Å². The van der Waals surface area contributed by atoms with Crippen molar-refractivity contribution in [1.29, 1.82) is 0 Å². The third-order valence-electron chi connectivity index (χ3n) is 6.50. The molecule has 0 bridgehead atoms. The molecule has 0 spiro atoms. The van der Waals surface area contributed by atoms with E-state index in [-0.39, 0.29) is 23.3 Å². The topological polar surface area (TPSA) is 33.8 Å². The van der Waals surface area contributed by atoms with E-state index in [0.29, 0.717) is 6.61 Å². The van der Waals surface area contributed by atoms with Crippen LogP contribution in [0, 0.1) is 0 Å². The first-order chi connectivity index (χ1) is 16.0. The third-order valence-corrected chi connectivity index (χ3v) is 11.5. The van der Waals surface area contributed by atoms with Crippen LogP contribution in [0.3, 0.4) is 0 Å². The van der Waals surface area contributed by atoms with Crippen molar-refractivity contribution < 1.29 is 9.16 Å². The molecule has 1 fully saturated rings. The van der Waals surface area contributed by atoms with Crippen LogP contribution in [0.1, 0.15) is 26.3 Å². The zero-order valence-corrected chi connectivity index (χ0v) is 20.9. The minimum atomic E-state index is -2.54. The van der Waals surface area contributed by atoms with Crippen LogP contribution in [0.4, 0.5) is 0 Å². The van der Waals surface area contributed by atoms with E-state index in [1.807, 2.05) is 12.1 Å². The molecule has 3 aromatic carbocycles. The van der Waals surface area contributed by atoms with Gasteiger partial charge in [-0.25, -0.2) is 0 Å². The molecule has 33 heavy (non-hydrogen) atoms. The van der Waals surface area contributed by atoms with E-state index in [0.717, 1.165) is 6.54 Å². The molecule has 1 aliphatic rings. The molecule has 3 nitrogen and oxygen atoms in total. The second-order valence-electron chi connectivity index (χ2n) is 9.74. The Labute approximate surface area is 199 Å². The summed E-state index contributed by atoms with van der Waals surface area (Å²) in [6.45, 7) is 12.3. The van der Waals surface area contributed by atoms with E-state index in [4.69, 9.17) is 9.16 Å². The fraction of sp³-hybridized carbons (Fsp3) is 0.310. The van der Waals surface area contributed by atoms with E-state index >= 15 is 0 Å². The highest BCUT2D eigenvalue weighted by Gasteiger charge is 2.52. The van der Waals surface area contributed by atoms with Gasteiger partial charge in [0.15, 0.2) is 0 Å². The average Bonchev–Trinajstić information content (AvgIpc) is 3.60. The molecular weight excluding hydrogens is 422 g/mol. The number of ether oxygens (including phenoxy) is 1. The minimum absolute atomic E-state index is 0.0382. The third kappa shape index (κ3) is 5.20. The quantitative estimate of drug-likeness (QED) is 0.273. The maximum atomic E-state index is 7.03. The largest absolute Gasteiger partial charge is 0.405 e. The molecule has 3 atom stereocenters. The van der Waals surface area contributed by atoms with E-state index in [2.05, 4.69) is 118 Å². The summed E-state index contributed by atoms with van der Waals surface area (Å²) in [6.07, 6.45) is 2.11. The van der Waals surface area contributed by atoms with Crippen molar-refractivity contribution in [2.24, 2.45) is 0 Å². The zero-order chi connectivity index (χ0) is 23.3. The fourth-order valence-electron chi connectivity index (χ4n) is 4.74. The first-order valence-corrected chi connectivity index (χ1v) is 13.7. The Hall–Kier alpha value is -2.50. The summed E-state index contributed by atoms with van der Waals surface area (Å²) in [6, 6.07) is 32.0. The van der Waals surface area contributed by atoms with Crippen LogP contribution in [-0.2, 0) is 15.7 Å². The van der Waals surface area contributed by atoms with E-state index in [1.54, 1.807) is 0 Å². The molecule has 1 saturated heterocycles. The maximum Gasteiger partial charge on any atom is 0.261 e. The first-order valence-electron chi connectivity index (χ1n) is 11.8. The van der Waals surface area contributed by atoms with Gasteiger partial charge < -0.3 is 14.5 Å². The Morgan fingerprint density at radius 3 is 1.91 bits per heavy atom. The minimum Gasteiger partial charge on any atom is -0.405 e. The van der Waals surface area contributed by atoms with Crippen molar-refractivity contribution in [1.82, 2.24) is 5.32 Å². The molecule has 3 aromatic rings. The molecular formula is C29H35NO2Si. The Morgan fingerprint density at radius 1 is 0.909 bits per heavy atom. The van der Waals surface area contributed by atoms with Crippen molar-refractivity contribution in [3.63, 3.8) is 0 Å². The predicted molar refractivity (Wildman–Crippen MR) is 140 cm³/mol. The molecule has 0 amide bonds. The van der Waals surface area contributed by atoms with E-state index < -0.39 is 8.32 Å². The molecule has 172 valence electrons. The number of rotatable bonds is 10. The summed E-state index contributed by atoms with van der Waals surface area (Å²) in [5.41, 5.74) is 1.25. The average molecular weight is 458 g/mol. The van der Waals surface area contributed by atoms with Gasteiger partial charge in [0.05, 0.1) is 12.6 Å². The van der Waals surface area contributed by atoms with Crippen molar-refractivity contribution in [2.45, 2.75) is 50.6 Å². The standard InChI is InChI=1S/C29H35NO2Si/c1-5-26(30-21-23-15-9-6-10-16-23)28-27(32-28)22-31-33(29(2,3)4,24-17-11-7-12-18-24)25-19-13-8-14-20-25/h5-20,26-28,30H,1,21-22H2,2-4H3/t26-,27+,28-/m1/s1. The summed E-state index contributed by atoms with van der Waals surface area (Å²) < 4.78 is 13.1. The molecule has 0 radical (unpaired) electrons. The first kappa shape index (κ1) is 23.6. The monoisotopic (exact) mass is 457 g/mol. The highest BCUT2D eigenvalue weighted by molar-refractivity contribution is 6.99. The molecule has 0 unspecified atom stereocenters. The number of benzene rings is 3. The van der Waals surface area contributed by atoms with Crippen molar-refractivity contribution in [3.8, 4) is 0 Å². The van der Waals surface area contributed by atoms with Gasteiger partial charge >= 0.3 is 0 Å². The molecule has 4 heteroatoms. The SMILES string of the molecule is C=C[C@@H](NCc1ccccc1)[C@H]1O[C@H]1CO[Si](c1ccccc1)(c1ccccc1)C(C)(C)C. The molecule has 0 saturated carbocycles. The molecule has 1 aliphatic heterocycles. The Morgan fingerprint density at radius 2 is 1.42 bits per heavy atom. The van der Waals surface area contributed by atoms with Crippen LogP contribution in [0.15, 0.2) is 104 Å². The summed E-state index contributed by atoms with van der Waals surface area (Å²) in [4.78, 5) is 0. The second kappa shape index (κ2) is 10.2. The lowest BCUT2D eigenvalue weighted by Gasteiger charge is -2.43. The van der Waals surface area contributed by atoms with Gasteiger partial charge in [0.1, 0.15) is 12.2 Å². The maximum absolute atomic E-state index is 7.03. The van der Waals surface area contributed by atoms with Gasteiger partial charge in [-0.1, -0.05) is 118 Å². The molecule has 1 heterocycles. The summed E-state index contributed by atoms with van der Waals surface area (Å²) in [7, 11) is -2.54.